The van der Waals surface area contributed by atoms with Gasteiger partial charge in [0.1, 0.15) is 11.6 Å². The lowest BCUT2D eigenvalue weighted by Crippen LogP contribution is -2.50. The van der Waals surface area contributed by atoms with Crippen LogP contribution in [0, 0.1) is 0 Å². The predicted octanol–water partition coefficient (Wildman–Crippen LogP) is 5.29. The molecule has 3 heterocycles. The number of carbonyl (C=O) groups is 2. The standard InChI is InChI=1S/C30H28ClN5O2/c1-34-28(36-11-10-27(37)33-30(36)38)16-32-29(34)23-8-9-24-18-35(19-25(24)15-23)17-22-6-2-4-20(13-22)12-21-5-3-7-26(31)14-21/h2-9,13-16H,10-12,17-19H2,1H3,(H,33,37,38). The molecule has 6 rings (SSSR count). The summed E-state index contributed by atoms with van der Waals surface area (Å²) in [5.74, 6) is 1.22. The summed E-state index contributed by atoms with van der Waals surface area (Å²) in [7, 11) is 1.90. The molecule has 0 radical (unpaired) electrons. The molecule has 3 amide bonds. The van der Waals surface area contributed by atoms with Gasteiger partial charge in [0.25, 0.3) is 0 Å². The number of benzene rings is 3. The van der Waals surface area contributed by atoms with E-state index in [-0.39, 0.29) is 12.3 Å². The molecule has 1 saturated heterocycles. The number of aromatic nitrogens is 2. The summed E-state index contributed by atoms with van der Waals surface area (Å²) in [6.45, 7) is 3.00. The molecule has 2 aliphatic rings. The van der Waals surface area contributed by atoms with Crippen molar-refractivity contribution in [3.8, 4) is 11.4 Å². The number of nitrogens with zero attached hydrogens (tertiary/aromatic N) is 4. The van der Waals surface area contributed by atoms with Crippen molar-refractivity contribution in [3.05, 3.63) is 106 Å². The maximum atomic E-state index is 12.3. The summed E-state index contributed by atoms with van der Waals surface area (Å²) in [6, 6.07) is 22.9. The summed E-state index contributed by atoms with van der Waals surface area (Å²) < 4.78 is 1.91. The lowest BCUT2D eigenvalue weighted by molar-refractivity contribution is -0.120. The zero-order valence-electron chi connectivity index (χ0n) is 21.2. The molecular formula is C30H28ClN5O2. The highest BCUT2D eigenvalue weighted by atomic mass is 35.5. The SMILES string of the molecule is Cn1c(N2CCC(=O)NC2=O)cnc1-c1ccc2c(c1)CN(Cc1cccc(Cc3cccc(Cl)c3)c1)C2. The first kappa shape index (κ1) is 24.4. The van der Waals surface area contributed by atoms with Gasteiger partial charge in [0, 0.05) is 50.2 Å². The summed E-state index contributed by atoms with van der Waals surface area (Å²) in [5.41, 5.74) is 7.42. The van der Waals surface area contributed by atoms with Gasteiger partial charge in [0.05, 0.1) is 6.20 Å². The van der Waals surface area contributed by atoms with Crippen LogP contribution in [0.15, 0.2) is 72.9 Å². The largest absolute Gasteiger partial charge is 0.329 e. The molecule has 192 valence electrons. The Morgan fingerprint density at radius 2 is 1.68 bits per heavy atom. The normalized spacial score (nSPS) is 15.6. The zero-order chi connectivity index (χ0) is 26.2. The van der Waals surface area contributed by atoms with Crippen LogP contribution < -0.4 is 10.2 Å². The fraction of sp³-hybridized carbons (Fsp3) is 0.233. The van der Waals surface area contributed by atoms with Crippen LogP contribution in [0.2, 0.25) is 5.02 Å². The minimum Gasteiger partial charge on any atom is -0.314 e. The number of halogens is 1. The van der Waals surface area contributed by atoms with Gasteiger partial charge < -0.3 is 4.57 Å². The van der Waals surface area contributed by atoms with Crippen LogP contribution in [-0.2, 0) is 37.9 Å². The molecule has 2 aliphatic heterocycles. The summed E-state index contributed by atoms with van der Waals surface area (Å²) >= 11 is 6.16. The molecule has 3 aromatic carbocycles. The Morgan fingerprint density at radius 3 is 2.50 bits per heavy atom. The average Bonchev–Trinajstić information content (AvgIpc) is 3.46. The smallest absolute Gasteiger partial charge is 0.314 e. The molecule has 4 aromatic rings. The minimum absolute atomic E-state index is 0.246. The number of rotatable bonds is 6. The van der Waals surface area contributed by atoms with Crippen molar-refractivity contribution in [2.24, 2.45) is 7.05 Å². The van der Waals surface area contributed by atoms with E-state index in [1.807, 2.05) is 29.8 Å². The Morgan fingerprint density at radius 1 is 0.921 bits per heavy atom. The third-order valence-corrected chi connectivity index (χ3v) is 7.48. The van der Waals surface area contributed by atoms with Crippen LogP contribution in [0.3, 0.4) is 0 Å². The Labute approximate surface area is 226 Å². The van der Waals surface area contributed by atoms with E-state index in [0.29, 0.717) is 12.4 Å². The van der Waals surface area contributed by atoms with Gasteiger partial charge in [-0.3, -0.25) is 19.9 Å². The summed E-state index contributed by atoms with van der Waals surface area (Å²) in [4.78, 5) is 32.5. The summed E-state index contributed by atoms with van der Waals surface area (Å²) in [5, 5.41) is 3.14. The molecular weight excluding hydrogens is 498 g/mol. The predicted molar refractivity (Wildman–Crippen MR) is 148 cm³/mol. The Hall–Kier alpha value is -3.94. The third-order valence-electron chi connectivity index (χ3n) is 7.24. The Balaban J connectivity index is 1.15. The van der Waals surface area contributed by atoms with Crippen LogP contribution in [0.4, 0.5) is 10.6 Å². The van der Waals surface area contributed by atoms with Crippen LogP contribution in [0.25, 0.3) is 11.4 Å². The highest BCUT2D eigenvalue weighted by Crippen LogP contribution is 2.31. The van der Waals surface area contributed by atoms with Gasteiger partial charge in [-0.05, 0) is 52.4 Å². The van der Waals surface area contributed by atoms with Crippen molar-refractivity contribution in [3.63, 3.8) is 0 Å². The first-order valence-corrected chi connectivity index (χ1v) is 13.1. The van der Waals surface area contributed by atoms with E-state index in [9.17, 15) is 9.59 Å². The fourth-order valence-corrected chi connectivity index (χ4v) is 5.61. The number of imidazole rings is 1. The van der Waals surface area contributed by atoms with E-state index in [1.54, 1.807) is 11.1 Å². The maximum Gasteiger partial charge on any atom is 0.329 e. The van der Waals surface area contributed by atoms with E-state index in [1.165, 1.54) is 27.8 Å². The number of urea groups is 1. The lowest BCUT2D eigenvalue weighted by Gasteiger charge is -2.26. The van der Waals surface area contributed by atoms with E-state index >= 15 is 0 Å². The maximum absolute atomic E-state index is 12.3. The first-order chi connectivity index (χ1) is 18.4. The fourth-order valence-electron chi connectivity index (χ4n) is 5.40. The molecule has 0 spiro atoms. The minimum atomic E-state index is -0.406. The van der Waals surface area contributed by atoms with E-state index in [4.69, 9.17) is 11.6 Å². The van der Waals surface area contributed by atoms with Crippen LogP contribution in [-0.4, -0.2) is 32.9 Å². The third kappa shape index (κ3) is 4.95. The molecule has 8 heteroatoms. The van der Waals surface area contributed by atoms with Gasteiger partial charge in [-0.1, -0.05) is 60.1 Å². The van der Waals surface area contributed by atoms with Crippen molar-refractivity contribution in [2.75, 3.05) is 11.4 Å². The highest BCUT2D eigenvalue weighted by Gasteiger charge is 2.27. The number of anilines is 1. The summed E-state index contributed by atoms with van der Waals surface area (Å²) in [6.07, 6.45) is 2.84. The molecule has 0 saturated carbocycles. The molecule has 0 aliphatic carbocycles. The van der Waals surface area contributed by atoms with E-state index in [0.717, 1.165) is 42.5 Å². The van der Waals surface area contributed by atoms with Gasteiger partial charge in [-0.2, -0.15) is 0 Å². The Bertz CT molecular complexity index is 1550. The number of fused-ring (bicyclic) bond motifs is 1. The van der Waals surface area contributed by atoms with Gasteiger partial charge in [-0.15, -0.1) is 0 Å². The zero-order valence-corrected chi connectivity index (χ0v) is 21.9. The molecule has 0 unspecified atom stereocenters. The second-order valence-corrected chi connectivity index (χ2v) is 10.4. The van der Waals surface area contributed by atoms with Gasteiger partial charge >= 0.3 is 6.03 Å². The molecule has 7 nitrogen and oxygen atoms in total. The average molecular weight is 526 g/mol. The first-order valence-electron chi connectivity index (χ1n) is 12.7. The number of imide groups is 1. The van der Waals surface area contributed by atoms with Crippen molar-refractivity contribution in [1.82, 2.24) is 19.8 Å². The number of nitrogens with one attached hydrogen (secondary N) is 1. The van der Waals surface area contributed by atoms with Crippen molar-refractivity contribution >= 4 is 29.4 Å². The molecule has 1 aromatic heterocycles. The molecule has 1 N–H and O–H groups in total. The van der Waals surface area contributed by atoms with Crippen molar-refractivity contribution < 1.29 is 9.59 Å². The second kappa shape index (κ2) is 10.1. The number of hydrogen-bond donors (Lipinski definition) is 1. The topological polar surface area (TPSA) is 70.5 Å². The molecule has 0 bridgehead atoms. The molecule has 38 heavy (non-hydrogen) atoms. The van der Waals surface area contributed by atoms with Gasteiger partial charge in [0.2, 0.25) is 5.91 Å². The molecule has 0 atom stereocenters. The second-order valence-electron chi connectivity index (χ2n) is 10.0. The van der Waals surface area contributed by atoms with Gasteiger partial charge in [-0.25, -0.2) is 9.78 Å². The van der Waals surface area contributed by atoms with Crippen molar-refractivity contribution in [2.45, 2.75) is 32.5 Å². The Kier molecular flexibility index (Phi) is 6.47. The van der Waals surface area contributed by atoms with E-state index < -0.39 is 6.03 Å². The van der Waals surface area contributed by atoms with Crippen molar-refractivity contribution in [1.29, 1.82) is 0 Å². The molecule has 1 fully saturated rings. The van der Waals surface area contributed by atoms with E-state index in [2.05, 4.69) is 63.7 Å². The number of amides is 3. The van der Waals surface area contributed by atoms with Crippen LogP contribution in [0.5, 0.6) is 0 Å². The number of hydrogen-bond acceptors (Lipinski definition) is 4. The van der Waals surface area contributed by atoms with Crippen LogP contribution >= 0.6 is 11.6 Å². The quantitative estimate of drug-likeness (QED) is 0.371. The number of carbonyl (C=O) groups excluding carboxylic acids is 2. The monoisotopic (exact) mass is 525 g/mol. The van der Waals surface area contributed by atoms with Gasteiger partial charge in [0.15, 0.2) is 0 Å². The van der Waals surface area contributed by atoms with Crippen LogP contribution in [0.1, 0.15) is 34.2 Å². The lowest BCUT2D eigenvalue weighted by atomic mass is 10.0. The highest BCUT2D eigenvalue weighted by molar-refractivity contribution is 6.30.